The maximum absolute atomic E-state index is 8.97. The molecule has 0 saturated carbocycles. The summed E-state index contributed by atoms with van der Waals surface area (Å²) in [6.07, 6.45) is 16.0. The summed E-state index contributed by atoms with van der Waals surface area (Å²) >= 11 is 0. The minimum atomic E-state index is -0.358. The van der Waals surface area contributed by atoms with Gasteiger partial charge >= 0.3 is 7.05 Å². The van der Waals surface area contributed by atoms with Crippen LogP contribution < -0.4 is 16.3 Å². The maximum atomic E-state index is 8.97. The second-order valence-corrected chi connectivity index (χ2v) is 9.69. The molecule has 2 aromatic heterocycles. The summed E-state index contributed by atoms with van der Waals surface area (Å²) in [5, 5.41) is 23.8. The molecule has 200 valence electrons. The van der Waals surface area contributed by atoms with Crippen LogP contribution in [0.4, 0.5) is 0 Å². The predicted molar refractivity (Wildman–Crippen MR) is 149 cm³/mol. The van der Waals surface area contributed by atoms with Crippen molar-refractivity contribution in [3.05, 3.63) is 60.2 Å². The molecule has 2 aliphatic heterocycles. The molecule has 0 spiro atoms. The van der Waals surface area contributed by atoms with Crippen LogP contribution in [0, 0.1) is 0 Å². The molecular weight excluding hydrogens is 451 g/mol. The van der Waals surface area contributed by atoms with Crippen molar-refractivity contribution in [3.8, 4) is 0 Å². The summed E-state index contributed by atoms with van der Waals surface area (Å²) in [7, 11) is -0.358. The molecule has 4 heterocycles. The minimum absolute atomic E-state index is 0.266. The molecule has 2 fully saturated rings. The molecule has 0 amide bonds. The van der Waals surface area contributed by atoms with Gasteiger partial charge in [-0.05, 0) is 126 Å². The summed E-state index contributed by atoms with van der Waals surface area (Å²) in [5.74, 6) is 0. The van der Waals surface area contributed by atoms with Crippen molar-refractivity contribution in [2.45, 2.75) is 70.3 Å². The summed E-state index contributed by atoms with van der Waals surface area (Å²) < 4.78 is 0. The zero-order chi connectivity index (χ0) is 25.8. The largest absolute Gasteiger partial charge is 0.437 e. The highest BCUT2D eigenvalue weighted by atomic mass is 16.3. The van der Waals surface area contributed by atoms with Gasteiger partial charge in [0, 0.05) is 43.5 Å². The number of aliphatic hydroxyl groups excluding tert-OH is 1. The fraction of sp³-hybridized carbons (Fsp3) is 0.630. The zero-order valence-electron chi connectivity index (χ0n) is 22.1. The van der Waals surface area contributed by atoms with Gasteiger partial charge in [-0.15, -0.1) is 0 Å². The third-order valence-electron chi connectivity index (χ3n) is 6.51. The Morgan fingerprint density at radius 3 is 1.97 bits per heavy atom. The molecule has 0 aromatic carbocycles. The standard InChI is InChI=1S/C13H21N3.C8H11NO.C6H15BN2O/c14-13-5-10-16(11-6-13)9-1-2-12-3-7-15-8-4-12;10-7-1-2-8-3-5-9-6-4-8;1-7(10)9-6-2-4-8-5-3-6/h3-4,7-8,13H,1-2,5-6,9-11,14H2;3-6,10H,1-2,7H2;6,8-10H,2-5H2,1H3. The van der Waals surface area contributed by atoms with Crippen molar-refractivity contribution in [2.75, 3.05) is 39.3 Å². The Morgan fingerprint density at radius 2 is 1.47 bits per heavy atom. The number of nitrogens with zero attached hydrogens (tertiary/aromatic N) is 3. The average molecular weight is 499 g/mol. The average Bonchev–Trinajstić information content (AvgIpc) is 2.91. The quantitative estimate of drug-likeness (QED) is 0.333. The van der Waals surface area contributed by atoms with Gasteiger partial charge in [-0.2, -0.15) is 0 Å². The number of nitrogens with one attached hydrogen (secondary N) is 2. The van der Waals surface area contributed by atoms with Crippen molar-refractivity contribution >= 4 is 7.05 Å². The molecule has 2 aromatic rings. The monoisotopic (exact) mass is 498 g/mol. The van der Waals surface area contributed by atoms with E-state index in [0.717, 1.165) is 58.0 Å². The van der Waals surface area contributed by atoms with E-state index >= 15 is 0 Å². The molecule has 2 aliphatic rings. The van der Waals surface area contributed by atoms with Crippen LogP contribution in [0.15, 0.2) is 49.1 Å². The minimum Gasteiger partial charge on any atom is -0.437 e. The number of piperidine rings is 2. The van der Waals surface area contributed by atoms with Crippen molar-refractivity contribution in [2.24, 2.45) is 5.73 Å². The zero-order valence-corrected chi connectivity index (χ0v) is 22.1. The molecule has 4 rings (SSSR count). The molecule has 9 heteroatoms. The first kappa shape index (κ1) is 30.3. The summed E-state index contributed by atoms with van der Waals surface area (Å²) in [4.78, 5) is 10.5. The number of aliphatic hydroxyl groups is 1. The molecule has 36 heavy (non-hydrogen) atoms. The smallest absolute Gasteiger partial charge is 0.373 e. The van der Waals surface area contributed by atoms with E-state index in [4.69, 9.17) is 15.9 Å². The first-order chi connectivity index (χ1) is 17.6. The van der Waals surface area contributed by atoms with E-state index in [0.29, 0.717) is 12.1 Å². The fourth-order valence-electron chi connectivity index (χ4n) is 4.40. The highest BCUT2D eigenvalue weighted by Crippen LogP contribution is 2.10. The van der Waals surface area contributed by atoms with E-state index in [-0.39, 0.29) is 13.7 Å². The highest BCUT2D eigenvalue weighted by molar-refractivity contribution is 6.45. The molecule has 6 N–H and O–H groups in total. The SMILES string of the molecule is CB(O)NC1CCNCC1.NC1CCN(CCCc2ccncc2)CC1.OCCCc1ccncc1. The van der Waals surface area contributed by atoms with E-state index < -0.39 is 0 Å². The molecular formula is C27H47BN6O2. The maximum Gasteiger partial charge on any atom is 0.373 e. The topological polar surface area (TPSA) is 120 Å². The Morgan fingerprint density at radius 1 is 0.944 bits per heavy atom. The summed E-state index contributed by atoms with van der Waals surface area (Å²) in [6.45, 7) is 7.74. The van der Waals surface area contributed by atoms with Crippen LogP contribution >= 0.6 is 0 Å². The number of likely N-dealkylation sites (tertiary alicyclic amines) is 1. The van der Waals surface area contributed by atoms with Crippen LogP contribution in [0.25, 0.3) is 0 Å². The number of nitrogens with two attached hydrogens (primary N) is 1. The molecule has 8 nitrogen and oxygen atoms in total. The highest BCUT2D eigenvalue weighted by Gasteiger charge is 2.16. The third-order valence-corrected chi connectivity index (χ3v) is 6.51. The van der Waals surface area contributed by atoms with Crippen LogP contribution in [-0.4, -0.2) is 83.5 Å². The summed E-state index contributed by atoms with van der Waals surface area (Å²) in [5.41, 5.74) is 8.52. The van der Waals surface area contributed by atoms with Gasteiger partial charge in [-0.3, -0.25) is 9.97 Å². The van der Waals surface area contributed by atoms with Gasteiger partial charge in [0.2, 0.25) is 0 Å². The number of aryl methyl sites for hydroxylation is 2. The number of hydrogen-bond donors (Lipinski definition) is 5. The Balaban J connectivity index is 0.000000200. The van der Waals surface area contributed by atoms with Gasteiger partial charge in [0.05, 0.1) is 0 Å². The fourth-order valence-corrected chi connectivity index (χ4v) is 4.40. The van der Waals surface area contributed by atoms with Crippen LogP contribution in [0.1, 0.15) is 49.7 Å². The van der Waals surface area contributed by atoms with E-state index in [9.17, 15) is 0 Å². The van der Waals surface area contributed by atoms with E-state index in [1.54, 1.807) is 19.2 Å². The summed E-state index contributed by atoms with van der Waals surface area (Å²) in [6, 6.07) is 9.10. The third kappa shape index (κ3) is 14.6. The van der Waals surface area contributed by atoms with Gasteiger partial charge in [-0.25, -0.2) is 0 Å². The lowest BCUT2D eigenvalue weighted by Gasteiger charge is -2.29. The van der Waals surface area contributed by atoms with E-state index in [1.807, 2.05) is 24.5 Å². The second-order valence-electron chi connectivity index (χ2n) is 9.69. The van der Waals surface area contributed by atoms with E-state index in [1.165, 1.54) is 37.2 Å². The van der Waals surface area contributed by atoms with Gasteiger partial charge in [0.1, 0.15) is 0 Å². The van der Waals surface area contributed by atoms with Crippen molar-refractivity contribution in [3.63, 3.8) is 0 Å². The van der Waals surface area contributed by atoms with Crippen molar-refractivity contribution in [1.29, 1.82) is 0 Å². The van der Waals surface area contributed by atoms with Crippen LogP contribution in [0.3, 0.4) is 0 Å². The lowest BCUT2D eigenvalue weighted by Crippen LogP contribution is -2.45. The molecule has 2 saturated heterocycles. The van der Waals surface area contributed by atoms with Gasteiger partial charge in [-0.1, -0.05) is 0 Å². The Kier molecular flexibility index (Phi) is 16.2. The Labute approximate surface area is 218 Å². The predicted octanol–water partition coefficient (Wildman–Crippen LogP) is 1.88. The van der Waals surface area contributed by atoms with Crippen molar-refractivity contribution in [1.82, 2.24) is 25.4 Å². The Bertz CT molecular complexity index is 757. The molecule has 0 unspecified atom stereocenters. The molecule has 0 aliphatic carbocycles. The molecule has 0 atom stereocenters. The first-order valence-corrected chi connectivity index (χ1v) is 13.6. The second kappa shape index (κ2) is 19.3. The number of pyridine rings is 2. The van der Waals surface area contributed by atoms with Gasteiger partial charge in [0.15, 0.2) is 0 Å². The van der Waals surface area contributed by atoms with E-state index in [2.05, 4.69) is 37.5 Å². The van der Waals surface area contributed by atoms with Crippen LogP contribution in [0.2, 0.25) is 6.82 Å². The first-order valence-electron chi connectivity index (χ1n) is 13.6. The lowest BCUT2D eigenvalue weighted by molar-refractivity contribution is 0.211. The van der Waals surface area contributed by atoms with Crippen molar-refractivity contribution < 1.29 is 10.1 Å². The van der Waals surface area contributed by atoms with Crippen LogP contribution in [-0.2, 0) is 12.8 Å². The molecule has 0 bridgehead atoms. The van der Waals surface area contributed by atoms with Gasteiger partial charge in [0.25, 0.3) is 0 Å². The Hall–Kier alpha value is -1.88. The number of rotatable bonds is 9. The normalized spacial score (nSPS) is 16.9. The van der Waals surface area contributed by atoms with Gasteiger partial charge < -0.3 is 31.3 Å². The molecule has 0 radical (unpaired) electrons. The number of hydrogen-bond acceptors (Lipinski definition) is 8. The number of aromatic nitrogens is 2. The van der Waals surface area contributed by atoms with Crippen LogP contribution in [0.5, 0.6) is 0 Å². The lowest BCUT2D eigenvalue weighted by atomic mass is 9.85.